The van der Waals surface area contributed by atoms with Crippen molar-refractivity contribution in [3.05, 3.63) is 88.5 Å². The highest BCUT2D eigenvalue weighted by atomic mass is 16.1. The van der Waals surface area contributed by atoms with Gasteiger partial charge in [-0.2, -0.15) is 10.4 Å². The Bertz CT molecular complexity index is 1510. The Morgan fingerprint density at radius 2 is 1.77 bits per heavy atom. The van der Waals surface area contributed by atoms with Gasteiger partial charge in [-0.25, -0.2) is 4.52 Å². The third-order valence-electron chi connectivity index (χ3n) is 5.13. The average molecular weight is 392 g/mol. The minimum atomic E-state index is -0.348. The summed E-state index contributed by atoms with van der Waals surface area (Å²) in [6, 6.07) is 20.8. The van der Waals surface area contributed by atoms with Gasteiger partial charge in [-0.3, -0.25) is 9.36 Å². The summed E-state index contributed by atoms with van der Waals surface area (Å²) in [4.78, 5) is 13.2. The highest BCUT2D eigenvalue weighted by molar-refractivity contribution is 5.84. The van der Waals surface area contributed by atoms with Crippen LogP contribution in [0.3, 0.4) is 0 Å². The minimum absolute atomic E-state index is 0.197. The molecule has 0 amide bonds. The molecule has 144 valence electrons. The largest absolute Gasteiger partial charge is 0.285 e. The summed E-state index contributed by atoms with van der Waals surface area (Å²) in [5.41, 5.74) is 4.78. The first-order valence-electron chi connectivity index (χ1n) is 9.57. The molecule has 3 aromatic heterocycles. The van der Waals surface area contributed by atoms with Crippen LogP contribution in [0.15, 0.2) is 71.7 Å². The van der Waals surface area contributed by atoms with E-state index in [9.17, 15) is 10.1 Å². The van der Waals surface area contributed by atoms with Crippen LogP contribution < -0.4 is 5.56 Å². The molecule has 5 rings (SSSR count). The van der Waals surface area contributed by atoms with Crippen LogP contribution in [0.1, 0.15) is 18.2 Å². The van der Waals surface area contributed by atoms with Crippen molar-refractivity contribution in [1.82, 2.24) is 24.4 Å². The number of aromatic nitrogens is 5. The van der Waals surface area contributed by atoms with Crippen molar-refractivity contribution in [2.75, 3.05) is 0 Å². The zero-order chi connectivity index (χ0) is 20.7. The Kier molecular flexibility index (Phi) is 4.11. The molecule has 0 saturated heterocycles. The van der Waals surface area contributed by atoms with Crippen molar-refractivity contribution in [3.8, 4) is 22.9 Å². The smallest absolute Gasteiger partial charge is 0.281 e. The summed E-state index contributed by atoms with van der Waals surface area (Å²) in [5, 5.41) is 22.7. The predicted molar refractivity (Wildman–Crippen MR) is 113 cm³/mol. The van der Waals surface area contributed by atoms with Gasteiger partial charge in [0.05, 0.1) is 22.5 Å². The lowest BCUT2D eigenvalue weighted by molar-refractivity contribution is 0.886. The molecular weight excluding hydrogens is 376 g/mol. The fraction of sp³-hybridized carbons (Fsp3) is 0.0870. The predicted octanol–water partition coefficient (Wildman–Crippen LogP) is 3.53. The molecule has 5 aromatic rings. The number of rotatable bonds is 3. The molecule has 0 atom stereocenters. The highest BCUT2D eigenvalue weighted by Gasteiger charge is 2.19. The lowest BCUT2D eigenvalue weighted by Gasteiger charge is -2.08. The van der Waals surface area contributed by atoms with Gasteiger partial charge in [0.2, 0.25) is 0 Å². The fourth-order valence-electron chi connectivity index (χ4n) is 3.71. The number of pyridine rings is 1. The number of fused-ring (bicyclic) bond motifs is 3. The molecule has 0 saturated carbocycles. The summed E-state index contributed by atoms with van der Waals surface area (Å²) in [7, 11) is 0. The Labute approximate surface area is 171 Å². The fourth-order valence-corrected chi connectivity index (χ4v) is 3.71. The molecule has 7 heteroatoms. The Morgan fingerprint density at radius 1 is 1.00 bits per heavy atom. The quantitative estimate of drug-likeness (QED) is 0.469. The number of nitriles is 1. The Morgan fingerprint density at radius 3 is 2.53 bits per heavy atom. The van der Waals surface area contributed by atoms with Gasteiger partial charge in [0.25, 0.3) is 5.56 Å². The molecule has 3 heterocycles. The Hall–Kier alpha value is -4.31. The maximum atomic E-state index is 13.2. The zero-order valence-corrected chi connectivity index (χ0v) is 16.1. The summed E-state index contributed by atoms with van der Waals surface area (Å²) >= 11 is 0. The second-order valence-corrected chi connectivity index (χ2v) is 6.83. The van der Waals surface area contributed by atoms with E-state index in [0.717, 1.165) is 23.2 Å². The molecule has 0 aliphatic rings. The number of para-hydroxylation sites is 1. The van der Waals surface area contributed by atoms with Gasteiger partial charge in [-0.05, 0) is 30.2 Å². The van der Waals surface area contributed by atoms with E-state index in [1.54, 1.807) is 41.0 Å². The van der Waals surface area contributed by atoms with Gasteiger partial charge < -0.3 is 0 Å². The van der Waals surface area contributed by atoms with Crippen molar-refractivity contribution in [1.29, 1.82) is 5.26 Å². The third-order valence-corrected chi connectivity index (χ3v) is 5.13. The molecule has 0 aliphatic heterocycles. The van der Waals surface area contributed by atoms with Crippen LogP contribution in [0.2, 0.25) is 0 Å². The number of hydrogen-bond acceptors (Lipinski definition) is 5. The third kappa shape index (κ3) is 2.58. The van der Waals surface area contributed by atoms with E-state index in [1.807, 2.05) is 37.3 Å². The zero-order valence-electron chi connectivity index (χ0n) is 16.1. The Balaban J connectivity index is 1.81. The van der Waals surface area contributed by atoms with Crippen molar-refractivity contribution < 1.29 is 0 Å². The van der Waals surface area contributed by atoms with Crippen LogP contribution in [0.25, 0.3) is 33.5 Å². The number of benzene rings is 2. The van der Waals surface area contributed by atoms with Crippen LogP contribution in [-0.4, -0.2) is 24.4 Å². The minimum Gasteiger partial charge on any atom is -0.281 e. The lowest BCUT2D eigenvalue weighted by atomic mass is 10.0. The lowest BCUT2D eigenvalue weighted by Crippen LogP contribution is -2.21. The van der Waals surface area contributed by atoms with Crippen molar-refractivity contribution >= 4 is 16.7 Å². The van der Waals surface area contributed by atoms with Crippen molar-refractivity contribution in [2.24, 2.45) is 0 Å². The first-order valence-corrected chi connectivity index (χ1v) is 9.57. The van der Waals surface area contributed by atoms with Crippen molar-refractivity contribution in [2.45, 2.75) is 13.3 Å². The number of nitrogens with zero attached hydrogens (tertiary/aromatic N) is 6. The first-order chi connectivity index (χ1) is 14.7. The van der Waals surface area contributed by atoms with Crippen LogP contribution in [0, 0.1) is 11.3 Å². The molecule has 0 spiro atoms. The summed E-state index contributed by atoms with van der Waals surface area (Å²) in [6.45, 7) is 2.04. The van der Waals surface area contributed by atoms with Crippen LogP contribution in [-0.2, 0) is 6.42 Å². The van der Waals surface area contributed by atoms with Gasteiger partial charge in [0.1, 0.15) is 11.6 Å². The van der Waals surface area contributed by atoms with E-state index in [0.29, 0.717) is 22.4 Å². The summed E-state index contributed by atoms with van der Waals surface area (Å²) in [6.07, 6.45) is 2.37. The van der Waals surface area contributed by atoms with Gasteiger partial charge in [0.15, 0.2) is 11.2 Å². The molecule has 0 unspecified atom stereocenters. The maximum absolute atomic E-state index is 13.2. The molecule has 30 heavy (non-hydrogen) atoms. The van der Waals surface area contributed by atoms with E-state index in [1.165, 1.54) is 4.57 Å². The average Bonchev–Trinajstić information content (AvgIpc) is 3.19. The van der Waals surface area contributed by atoms with E-state index in [-0.39, 0.29) is 11.1 Å². The molecule has 0 fully saturated rings. The van der Waals surface area contributed by atoms with Gasteiger partial charge in [-0.15, -0.1) is 10.2 Å². The second kappa shape index (κ2) is 6.94. The molecule has 2 aromatic carbocycles. The van der Waals surface area contributed by atoms with Crippen LogP contribution >= 0.6 is 0 Å². The molecule has 7 nitrogen and oxygen atoms in total. The first kappa shape index (κ1) is 17.8. The van der Waals surface area contributed by atoms with Gasteiger partial charge in [0, 0.05) is 6.20 Å². The van der Waals surface area contributed by atoms with E-state index < -0.39 is 0 Å². The SMILES string of the molecule is CCc1nn2c(nnc3c(=O)n(-c4ccccc4C#N)ccc32)c1-c1ccccc1. The standard InChI is InChI=1S/C23H16N6O/c1-2-17-20(15-8-4-3-5-9-15)22-26-25-21-19(29(22)27-17)12-13-28(23(21)30)18-11-7-6-10-16(18)14-24/h3-13H,2H2,1H3. The normalized spacial score (nSPS) is 11.1. The second-order valence-electron chi connectivity index (χ2n) is 6.83. The topological polar surface area (TPSA) is 88.9 Å². The molecule has 0 bridgehead atoms. The van der Waals surface area contributed by atoms with Crippen LogP contribution in [0.4, 0.5) is 0 Å². The number of aryl methyl sites for hydroxylation is 1. The highest BCUT2D eigenvalue weighted by Crippen LogP contribution is 2.28. The summed E-state index contributed by atoms with van der Waals surface area (Å²) in [5.74, 6) is 0. The van der Waals surface area contributed by atoms with Crippen molar-refractivity contribution in [3.63, 3.8) is 0 Å². The monoisotopic (exact) mass is 392 g/mol. The van der Waals surface area contributed by atoms with Gasteiger partial charge in [-0.1, -0.05) is 49.4 Å². The maximum Gasteiger partial charge on any atom is 0.285 e. The molecule has 0 aliphatic carbocycles. The van der Waals surface area contributed by atoms with Crippen LogP contribution in [0.5, 0.6) is 0 Å². The molecule has 0 radical (unpaired) electrons. The van der Waals surface area contributed by atoms with Gasteiger partial charge >= 0.3 is 0 Å². The summed E-state index contributed by atoms with van der Waals surface area (Å²) < 4.78 is 3.11. The molecular formula is C23H16N6O. The van der Waals surface area contributed by atoms with E-state index in [4.69, 9.17) is 5.10 Å². The molecule has 0 N–H and O–H groups in total. The van der Waals surface area contributed by atoms with E-state index in [2.05, 4.69) is 16.3 Å². The van der Waals surface area contributed by atoms with E-state index >= 15 is 0 Å². The number of hydrogen-bond donors (Lipinski definition) is 0.